The number of nitrogens with one attached hydrogen (secondary N) is 1. The molecule has 2 aromatic heterocycles. The number of halogens is 1. The van der Waals surface area contributed by atoms with Crippen molar-refractivity contribution in [1.29, 1.82) is 0 Å². The van der Waals surface area contributed by atoms with Gasteiger partial charge in [0, 0.05) is 37.6 Å². The Hall–Kier alpha value is -2.42. The van der Waals surface area contributed by atoms with Crippen LogP contribution in [0.15, 0.2) is 46.0 Å². The van der Waals surface area contributed by atoms with E-state index in [2.05, 4.69) is 10.00 Å². The van der Waals surface area contributed by atoms with E-state index in [-0.39, 0.29) is 23.6 Å². The zero-order valence-electron chi connectivity index (χ0n) is 15.1. The Kier molecular flexibility index (Phi) is 5.34. The first-order valence-electron chi connectivity index (χ1n) is 8.97. The summed E-state index contributed by atoms with van der Waals surface area (Å²) in [5, 5.41) is 3.16. The smallest absolute Gasteiger partial charge is 0.273 e. The number of benzene rings is 1. The molecule has 1 saturated heterocycles. The lowest BCUT2D eigenvalue weighted by Gasteiger charge is -2.34. The molecule has 1 fully saturated rings. The lowest BCUT2D eigenvalue weighted by atomic mass is 10.2. The highest BCUT2D eigenvalue weighted by Crippen LogP contribution is 2.23. The third-order valence-corrected chi connectivity index (χ3v) is 6.13. The number of H-pyrrole nitrogens is 1. The summed E-state index contributed by atoms with van der Waals surface area (Å²) in [6.45, 7) is 3.33. The van der Waals surface area contributed by atoms with Gasteiger partial charge in [-0.25, -0.2) is 4.68 Å². The highest BCUT2D eigenvalue weighted by Gasteiger charge is 2.22. The molecule has 0 aliphatic carbocycles. The highest BCUT2D eigenvalue weighted by atomic mass is 35.5. The standard InChI is InChI=1S/C19H19ClN4O3S/c20-16-6-5-13(28-16)11-22-7-9-23(10-8-22)17(25)12-24-19(27)15-4-2-1-3-14(15)18(26)21-24/h1-6H,7-12H2,(H,21,26). The van der Waals surface area contributed by atoms with Crippen LogP contribution in [0, 0.1) is 0 Å². The third kappa shape index (κ3) is 3.89. The molecular formula is C19H19ClN4O3S. The van der Waals surface area contributed by atoms with E-state index in [1.807, 2.05) is 12.1 Å². The summed E-state index contributed by atoms with van der Waals surface area (Å²) < 4.78 is 1.88. The summed E-state index contributed by atoms with van der Waals surface area (Å²) in [5.74, 6) is -0.174. The lowest BCUT2D eigenvalue weighted by Crippen LogP contribution is -2.50. The number of hydrogen-bond acceptors (Lipinski definition) is 5. The Morgan fingerprint density at radius 1 is 1.04 bits per heavy atom. The van der Waals surface area contributed by atoms with Crippen LogP contribution in [0.2, 0.25) is 4.34 Å². The average Bonchev–Trinajstić information content (AvgIpc) is 3.11. The van der Waals surface area contributed by atoms with Crippen LogP contribution in [0.1, 0.15) is 4.88 Å². The molecule has 0 unspecified atom stereocenters. The second-order valence-electron chi connectivity index (χ2n) is 6.74. The van der Waals surface area contributed by atoms with Gasteiger partial charge in [0.1, 0.15) is 6.54 Å². The predicted molar refractivity (Wildman–Crippen MR) is 110 cm³/mol. The van der Waals surface area contributed by atoms with Crippen molar-refractivity contribution >= 4 is 39.6 Å². The summed E-state index contributed by atoms with van der Waals surface area (Å²) in [7, 11) is 0. The molecule has 9 heteroatoms. The number of carbonyl (C=O) groups excluding carboxylic acids is 1. The van der Waals surface area contributed by atoms with E-state index < -0.39 is 0 Å². The average molecular weight is 419 g/mol. The van der Waals surface area contributed by atoms with Crippen LogP contribution in [0.4, 0.5) is 0 Å². The van der Waals surface area contributed by atoms with Crippen molar-refractivity contribution in [2.75, 3.05) is 26.2 Å². The van der Waals surface area contributed by atoms with Crippen molar-refractivity contribution in [2.45, 2.75) is 13.1 Å². The van der Waals surface area contributed by atoms with Gasteiger partial charge in [-0.15, -0.1) is 11.3 Å². The predicted octanol–water partition coefficient (Wildman–Crippen LogP) is 1.75. The third-order valence-electron chi connectivity index (χ3n) is 4.91. The molecule has 1 N–H and O–H groups in total. The van der Waals surface area contributed by atoms with Crippen LogP contribution in [0.5, 0.6) is 0 Å². The van der Waals surface area contributed by atoms with Gasteiger partial charge in [-0.05, 0) is 24.3 Å². The monoisotopic (exact) mass is 418 g/mol. The van der Waals surface area contributed by atoms with E-state index in [1.54, 1.807) is 40.5 Å². The van der Waals surface area contributed by atoms with Gasteiger partial charge in [0.25, 0.3) is 11.1 Å². The van der Waals surface area contributed by atoms with Crippen LogP contribution in [0.25, 0.3) is 10.8 Å². The molecule has 0 saturated carbocycles. The minimum absolute atomic E-state index is 0.167. The van der Waals surface area contributed by atoms with Crippen molar-refractivity contribution in [2.24, 2.45) is 0 Å². The second kappa shape index (κ2) is 7.90. The molecule has 0 bridgehead atoms. The first-order valence-corrected chi connectivity index (χ1v) is 10.2. The van der Waals surface area contributed by atoms with E-state index in [0.29, 0.717) is 23.9 Å². The summed E-state index contributed by atoms with van der Waals surface area (Å²) in [5.41, 5.74) is -0.737. The van der Waals surface area contributed by atoms with E-state index in [0.717, 1.165) is 28.7 Å². The molecular weight excluding hydrogens is 400 g/mol. The zero-order valence-corrected chi connectivity index (χ0v) is 16.6. The van der Waals surface area contributed by atoms with Gasteiger partial charge in [0.15, 0.2) is 0 Å². The number of piperazine rings is 1. The van der Waals surface area contributed by atoms with Crippen LogP contribution < -0.4 is 11.1 Å². The fourth-order valence-electron chi connectivity index (χ4n) is 3.41. The summed E-state index contributed by atoms with van der Waals surface area (Å²) in [6.07, 6.45) is 0. The first kappa shape index (κ1) is 18.9. The van der Waals surface area contributed by atoms with Crippen molar-refractivity contribution < 1.29 is 4.79 Å². The number of fused-ring (bicyclic) bond motifs is 1. The Labute approximate surface area is 169 Å². The summed E-state index contributed by atoms with van der Waals surface area (Å²) in [6, 6.07) is 10.5. The molecule has 7 nitrogen and oxygen atoms in total. The van der Waals surface area contributed by atoms with Crippen molar-refractivity contribution in [3.8, 4) is 0 Å². The Morgan fingerprint density at radius 2 is 1.75 bits per heavy atom. The number of rotatable bonds is 4. The van der Waals surface area contributed by atoms with E-state index in [4.69, 9.17) is 11.6 Å². The normalized spacial score (nSPS) is 15.2. The van der Waals surface area contributed by atoms with E-state index >= 15 is 0 Å². The van der Waals surface area contributed by atoms with Gasteiger partial charge in [0.2, 0.25) is 5.91 Å². The largest absolute Gasteiger partial charge is 0.339 e. The maximum absolute atomic E-state index is 12.6. The number of amides is 1. The van der Waals surface area contributed by atoms with E-state index in [9.17, 15) is 14.4 Å². The van der Waals surface area contributed by atoms with Crippen molar-refractivity contribution in [3.63, 3.8) is 0 Å². The molecule has 1 aromatic carbocycles. The molecule has 0 atom stereocenters. The molecule has 1 amide bonds. The topological polar surface area (TPSA) is 78.4 Å². The number of hydrogen-bond donors (Lipinski definition) is 1. The lowest BCUT2D eigenvalue weighted by molar-refractivity contribution is -0.133. The SMILES string of the molecule is O=C(Cn1[nH]c(=O)c2ccccc2c1=O)N1CCN(Cc2ccc(Cl)s2)CC1. The van der Waals surface area contributed by atoms with E-state index in [1.165, 1.54) is 4.88 Å². The minimum Gasteiger partial charge on any atom is -0.339 e. The zero-order chi connectivity index (χ0) is 19.7. The van der Waals surface area contributed by atoms with Gasteiger partial charge < -0.3 is 4.90 Å². The molecule has 146 valence electrons. The van der Waals surface area contributed by atoms with Crippen molar-refractivity contribution in [1.82, 2.24) is 19.6 Å². The second-order valence-corrected chi connectivity index (χ2v) is 8.54. The van der Waals surface area contributed by atoms with Crippen LogP contribution in [-0.4, -0.2) is 51.7 Å². The number of thiophene rings is 1. The van der Waals surface area contributed by atoms with Gasteiger partial charge >= 0.3 is 0 Å². The number of aromatic amines is 1. The number of nitrogens with zero attached hydrogens (tertiary/aromatic N) is 3. The number of aromatic nitrogens is 2. The first-order chi connectivity index (χ1) is 13.5. The van der Waals surface area contributed by atoms with Crippen LogP contribution in [-0.2, 0) is 17.9 Å². The van der Waals surface area contributed by atoms with Crippen LogP contribution in [0.3, 0.4) is 0 Å². The van der Waals surface area contributed by atoms with Gasteiger partial charge in [-0.2, -0.15) is 0 Å². The fraction of sp³-hybridized carbons (Fsp3) is 0.316. The summed E-state index contributed by atoms with van der Waals surface area (Å²) in [4.78, 5) is 42.6. The molecule has 4 rings (SSSR count). The molecule has 3 heterocycles. The van der Waals surface area contributed by atoms with Crippen molar-refractivity contribution in [3.05, 3.63) is 66.3 Å². The highest BCUT2D eigenvalue weighted by molar-refractivity contribution is 7.16. The van der Waals surface area contributed by atoms with Gasteiger partial charge in [-0.1, -0.05) is 23.7 Å². The molecule has 28 heavy (non-hydrogen) atoms. The Bertz CT molecular complexity index is 1130. The Morgan fingerprint density at radius 3 is 2.43 bits per heavy atom. The summed E-state index contributed by atoms with van der Waals surface area (Å²) >= 11 is 7.54. The maximum atomic E-state index is 12.6. The number of carbonyl (C=O) groups is 1. The van der Waals surface area contributed by atoms with Gasteiger partial charge in [0.05, 0.1) is 15.1 Å². The maximum Gasteiger partial charge on any atom is 0.273 e. The molecule has 3 aromatic rings. The van der Waals surface area contributed by atoms with Crippen LogP contribution >= 0.6 is 22.9 Å². The molecule has 1 aliphatic rings. The molecule has 1 aliphatic heterocycles. The minimum atomic E-state index is -0.373. The van der Waals surface area contributed by atoms with Gasteiger partial charge in [-0.3, -0.25) is 24.4 Å². The molecule has 0 radical (unpaired) electrons. The quantitative estimate of drug-likeness (QED) is 0.700. The Balaban J connectivity index is 1.41. The fourth-order valence-corrected chi connectivity index (χ4v) is 4.54. The molecule has 0 spiro atoms.